The summed E-state index contributed by atoms with van der Waals surface area (Å²) in [6.07, 6.45) is 23.8. The largest absolute Gasteiger partial charge is 0.339 e. The van der Waals surface area contributed by atoms with E-state index in [2.05, 4.69) is 29.0 Å². The van der Waals surface area contributed by atoms with Crippen LogP contribution in [0.25, 0.3) is 0 Å². The molecule has 36 heavy (non-hydrogen) atoms. The number of carbonyl (C=O) groups is 2. The lowest BCUT2D eigenvalue weighted by Crippen LogP contribution is -2.64. The Kier molecular flexibility index (Phi) is 13.5. The molecule has 3 heterocycles. The molecule has 2 aliphatic heterocycles. The Morgan fingerprint density at radius 3 is 2.08 bits per heavy atom. The third-order valence-electron chi connectivity index (χ3n) is 7.60. The third kappa shape index (κ3) is 9.97. The van der Waals surface area contributed by atoms with Crippen LogP contribution in [0.1, 0.15) is 107 Å². The fourth-order valence-corrected chi connectivity index (χ4v) is 5.75. The number of hydrogen-bond acceptors (Lipinski definition) is 5. The molecular weight excluding hydrogens is 468 g/mol. The molecule has 2 fully saturated rings. The van der Waals surface area contributed by atoms with E-state index in [9.17, 15) is 9.59 Å². The fraction of sp³-hybridized carbons (Fsp3) is 0.759. The van der Waals surface area contributed by atoms with E-state index in [-0.39, 0.29) is 5.91 Å². The first kappa shape index (κ1) is 28.8. The van der Waals surface area contributed by atoms with Gasteiger partial charge in [0.15, 0.2) is 5.01 Å². The van der Waals surface area contributed by atoms with Crippen LogP contribution in [-0.2, 0) is 4.79 Å². The van der Waals surface area contributed by atoms with E-state index < -0.39 is 0 Å². The van der Waals surface area contributed by atoms with Gasteiger partial charge < -0.3 is 9.80 Å². The lowest BCUT2D eigenvalue weighted by atomic mass is 10.0. The van der Waals surface area contributed by atoms with Crippen molar-refractivity contribution in [2.45, 2.75) is 103 Å². The van der Waals surface area contributed by atoms with Gasteiger partial charge in [0.1, 0.15) is 0 Å². The maximum absolute atomic E-state index is 12.5. The molecule has 0 bridgehead atoms. The van der Waals surface area contributed by atoms with E-state index >= 15 is 0 Å². The number of piperazine rings is 1. The summed E-state index contributed by atoms with van der Waals surface area (Å²) in [4.78, 5) is 35.5. The zero-order chi connectivity index (χ0) is 25.4. The summed E-state index contributed by atoms with van der Waals surface area (Å²) in [5, 5.41) is 2.43. The molecule has 0 radical (unpaired) electrons. The van der Waals surface area contributed by atoms with Crippen molar-refractivity contribution in [3.8, 4) is 0 Å². The smallest absolute Gasteiger partial charge is 0.282 e. The average molecular weight is 517 g/mol. The summed E-state index contributed by atoms with van der Waals surface area (Å²) in [7, 11) is 0. The Labute approximate surface area is 223 Å². The molecule has 1 aromatic heterocycles. The molecule has 0 N–H and O–H groups in total. The van der Waals surface area contributed by atoms with Gasteiger partial charge in [-0.25, -0.2) is 4.98 Å². The van der Waals surface area contributed by atoms with Crippen LogP contribution in [0.4, 0.5) is 0 Å². The Bertz CT molecular complexity index is 768. The highest BCUT2D eigenvalue weighted by Crippen LogP contribution is 2.20. The Balaban J connectivity index is 1.12. The molecule has 0 aromatic carbocycles. The maximum Gasteiger partial charge on any atom is 0.282 e. The first-order valence-corrected chi connectivity index (χ1v) is 15.4. The van der Waals surface area contributed by atoms with Crippen molar-refractivity contribution in [2.24, 2.45) is 0 Å². The minimum Gasteiger partial charge on any atom is -0.339 e. The lowest BCUT2D eigenvalue weighted by Gasteiger charge is -2.48. The van der Waals surface area contributed by atoms with Crippen molar-refractivity contribution in [3.63, 3.8) is 0 Å². The van der Waals surface area contributed by atoms with Gasteiger partial charge in [-0.1, -0.05) is 70.4 Å². The zero-order valence-electron chi connectivity index (χ0n) is 22.5. The Hall–Kier alpha value is -1.73. The van der Waals surface area contributed by atoms with Crippen molar-refractivity contribution in [1.82, 2.24) is 19.7 Å². The predicted molar refractivity (Wildman–Crippen MR) is 149 cm³/mol. The average Bonchev–Trinajstić information content (AvgIpc) is 3.40. The summed E-state index contributed by atoms with van der Waals surface area (Å²) in [5.74, 6) is 0.372. The molecule has 0 saturated carbocycles. The van der Waals surface area contributed by atoms with Gasteiger partial charge in [0.05, 0.1) is 0 Å². The molecule has 2 saturated heterocycles. The third-order valence-corrected chi connectivity index (χ3v) is 8.36. The summed E-state index contributed by atoms with van der Waals surface area (Å²) >= 11 is 1.41. The van der Waals surface area contributed by atoms with Gasteiger partial charge in [0.2, 0.25) is 5.91 Å². The van der Waals surface area contributed by atoms with Crippen molar-refractivity contribution in [2.75, 3.05) is 39.3 Å². The van der Waals surface area contributed by atoms with E-state index in [1.807, 2.05) is 15.2 Å². The molecule has 0 spiro atoms. The van der Waals surface area contributed by atoms with E-state index in [1.165, 1.54) is 88.4 Å². The van der Waals surface area contributed by atoms with Gasteiger partial charge in [-0.2, -0.15) is 0 Å². The van der Waals surface area contributed by atoms with Crippen LogP contribution in [0.5, 0.6) is 0 Å². The number of thiazole rings is 1. The molecule has 2 aliphatic rings. The molecular formula is C29H48N4O2S. The van der Waals surface area contributed by atoms with Gasteiger partial charge in [0.25, 0.3) is 5.91 Å². The van der Waals surface area contributed by atoms with Gasteiger partial charge in [-0.05, 0) is 32.1 Å². The monoisotopic (exact) mass is 516 g/mol. The molecule has 7 heteroatoms. The van der Waals surface area contributed by atoms with Crippen LogP contribution in [-0.4, -0.2) is 76.8 Å². The topological polar surface area (TPSA) is 56.8 Å². The predicted octanol–water partition coefficient (Wildman–Crippen LogP) is 6.15. The van der Waals surface area contributed by atoms with E-state index in [1.54, 1.807) is 6.20 Å². The minimum absolute atomic E-state index is 0.0510. The molecule has 1 aromatic rings. The second kappa shape index (κ2) is 16.9. The summed E-state index contributed by atoms with van der Waals surface area (Å²) in [5.41, 5.74) is 0. The van der Waals surface area contributed by atoms with Crippen molar-refractivity contribution in [1.29, 1.82) is 0 Å². The van der Waals surface area contributed by atoms with Crippen LogP contribution in [0.3, 0.4) is 0 Å². The molecule has 0 aliphatic carbocycles. The zero-order valence-corrected chi connectivity index (χ0v) is 23.4. The molecule has 2 amide bonds. The number of allylic oxidation sites excluding steroid dienone is 2. The number of carbonyl (C=O) groups excluding carboxylic acids is 2. The van der Waals surface area contributed by atoms with Crippen LogP contribution in [0.15, 0.2) is 23.7 Å². The van der Waals surface area contributed by atoms with Crippen LogP contribution < -0.4 is 0 Å². The number of likely N-dealkylation sites (tertiary alicyclic amines) is 1. The van der Waals surface area contributed by atoms with Crippen molar-refractivity contribution >= 4 is 23.2 Å². The Morgan fingerprint density at radius 1 is 0.861 bits per heavy atom. The second-order valence-electron chi connectivity index (χ2n) is 10.5. The van der Waals surface area contributed by atoms with Crippen LogP contribution in [0.2, 0.25) is 0 Å². The molecule has 6 nitrogen and oxygen atoms in total. The van der Waals surface area contributed by atoms with Gasteiger partial charge in [0, 0.05) is 63.3 Å². The number of rotatable bonds is 17. The van der Waals surface area contributed by atoms with Crippen molar-refractivity contribution in [3.05, 3.63) is 28.7 Å². The first-order chi connectivity index (χ1) is 17.7. The number of nitrogens with zero attached hydrogens (tertiary/aromatic N) is 4. The van der Waals surface area contributed by atoms with E-state index in [0.717, 1.165) is 45.7 Å². The standard InChI is InChI=1S/C29H48N4O2S/c1-2-3-4-5-6-7-8-9-10-11-12-13-14-15-16-17-27(34)33-24-26(25-33)31-19-21-32(22-20-31)29(35)28-30-18-23-36-28/h9-10,18,23,26H,2-8,11-17,19-22,24-25H2,1H3/b10-9-. The molecule has 0 atom stereocenters. The van der Waals surface area contributed by atoms with E-state index in [0.29, 0.717) is 23.4 Å². The highest BCUT2D eigenvalue weighted by atomic mass is 32.1. The summed E-state index contributed by atoms with van der Waals surface area (Å²) < 4.78 is 0. The summed E-state index contributed by atoms with van der Waals surface area (Å²) in [6, 6.07) is 0.458. The molecule has 202 valence electrons. The highest BCUT2D eigenvalue weighted by molar-refractivity contribution is 7.11. The van der Waals surface area contributed by atoms with Crippen LogP contribution >= 0.6 is 11.3 Å². The normalized spacial score (nSPS) is 17.1. The van der Waals surface area contributed by atoms with Gasteiger partial charge in [-0.15, -0.1) is 11.3 Å². The quantitative estimate of drug-likeness (QED) is 0.184. The first-order valence-electron chi connectivity index (χ1n) is 14.5. The number of unbranched alkanes of at least 4 members (excludes halogenated alkanes) is 11. The molecule has 3 rings (SSSR count). The van der Waals surface area contributed by atoms with Crippen LogP contribution in [0, 0.1) is 0 Å². The Morgan fingerprint density at radius 2 is 1.47 bits per heavy atom. The lowest BCUT2D eigenvalue weighted by molar-refractivity contribution is -0.139. The fourth-order valence-electron chi connectivity index (χ4n) is 5.15. The van der Waals surface area contributed by atoms with Gasteiger partial charge in [-0.3, -0.25) is 14.5 Å². The SMILES string of the molecule is CCCCCCCC/C=C\CCCCCCCC(=O)N1CC(N2CCN(C(=O)c3nccs3)CC2)C1. The van der Waals surface area contributed by atoms with E-state index in [4.69, 9.17) is 0 Å². The minimum atomic E-state index is 0.0510. The maximum atomic E-state index is 12.5. The number of aromatic nitrogens is 1. The summed E-state index contributed by atoms with van der Waals surface area (Å²) in [6.45, 7) is 7.24. The number of hydrogen-bond donors (Lipinski definition) is 0. The second-order valence-corrected chi connectivity index (χ2v) is 11.3. The number of amides is 2. The van der Waals surface area contributed by atoms with Crippen molar-refractivity contribution < 1.29 is 9.59 Å². The highest BCUT2D eigenvalue weighted by Gasteiger charge is 2.36. The van der Waals surface area contributed by atoms with Gasteiger partial charge >= 0.3 is 0 Å². The molecule has 0 unspecified atom stereocenters.